The number of fused-ring (bicyclic) bond motifs is 3. The molecule has 5 aromatic carbocycles. The molecule has 1 aliphatic carbocycles. The highest BCUT2D eigenvalue weighted by molar-refractivity contribution is 6.30. The number of benzene rings is 5. The number of hydrogen-bond donors (Lipinski definition) is 0. The van der Waals surface area contributed by atoms with Crippen molar-refractivity contribution in [2.45, 2.75) is 5.41 Å². The van der Waals surface area contributed by atoms with Gasteiger partial charge in [-0.1, -0.05) is 121 Å². The van der Waals surface area contributed by atoms with Crippen molar-refractivity contribution in [3.8, 4) is 22.3 Å². The molecule has 1 heteroatoms. The van der Waals surface area contributed by atoms with Crippen molar-refractivity contribution in [1.82, 2.24) is 0 Å². The molecule has 5 aromatic rings. The second-order valence-corrected chi connectivity index (χ2v) is 8.73. The molecule has 152 valence electrons. The summed E-state index contributed by atoms with van der Waals surface area (Å²) in [6.45, 7) is 0. The number of hydrogen-bond acceptors (Lipinski definition) is 0. The van der Waals surface area contributed by atoms with Gasteiger partial charge >= 0.3 is 0 Å². The molecule has 0 atom stereocenters. The van der Waals surface area contributed by atoms with Gasteiger partial charge in [-0.15, -0.1) is 0 Å². The van der Waals surface area contributed by atoms with Crippen LogP contribution in [0, 0.1) is 0 Å². The Morgan fingerprint density at radius 2 is 1.00 bits per heavy atom. The summed E-state index contributed by atoms with van der Waals surface area (Å²) in [5.41, 5.74) is 9.83. The summed E-state index contributed by atoms with van der Waals surface area (Å²) in [6.07, 6.45) is 0. The molecular formula is C31H21Cl. The summed E-state index contributed by atoms with van der Waals surface area (Å²) in [6, 6.07) is 45.6. The number of halogens is 1. The van der Waals surface area contributed by atoms with E-state index in [9.17, 15) is 0 Å². The van der Waals surface area contributed by atoms with E-state index < -0.39 is 0 Å². The maximum absolute atomic E-state index is 6.15. The van der Waals surface area contributed by atoms with Gasteiger partial charge in [-0.3, -0.25) is 0 Å². The van der Waals surface area contributed by atoms with Gasteiger partial charge in [-0.05, 0) is 62.7 Å². The van der Waals surface area contributed by atoms with E-state index in [-0.39, 0.29) is 5.41 Å². The Kier molecular flexibility index (Phi) is 4.48. The molecule has 1 aliphatic rings. The van der Waals surface area contributed by atoms with E-state index >= 15 is 0 Å². The molecule has 0 spiro atoms. The van der Waals surface area contributed by atoms with Gasteiger partial charge < -0.3 is 0 Å². The van der Waals surface area contributed by atoms with Gasteiger partial charge in [0, 0.05) is 5.02 Å². The summed E-state index contributed by atoms with van der Waals surface area (Å²) < 4.78 is 0. The van der Waals surface area contributed by atoms with E-state index in [1.807, 2.05) is 12.1 Å². The fourth-order valence-corrected chi connectivity index (χ4v) is 5.41. The minimum atomic E-state index is -0.364. The van der Waals surface area contributed by atoms with Crippen molar-refractivity contribution in [3.05, 3.63) is 155 Å². The Balaban J connectivity index is 1.69. The second kappa shape index (κ2) is 7.51. The van der Waals surface area contributed by atoms with Crippen LogP contribution in [0.3, 0.4) is 0 Å². The van der Waals surface area contributed by atoms with Crippen LogP contribution in [0.4, 0.5) is 0 Å². The molecule has 0 unspecified atom stereocenters. The monoisotopic (exact) mass is 428 g/mol. The van der Waals surface area contributed by atoms with Crippen LogP contribution in [-0.4, -0.2) is 0 Å². The fraction of sp³-hybridized carbons (Fsp3) is 0.0323. The molecule has 6 rings (SSSR count). The highest BCUT2D eigenvalue weighted by Crippen LogP contribution is 2.56. The Morgan fingerprint density at radius 3 is 1.66 bits per heavy atom. The smallest absolute Gasteiger partial charge is 0.0713 e. The zero-order valence-corrected chi connectivity index (χ0v) is 18.3. The lowest BCUT2D eigenvalue weighted by Crippen LogP contribution is -2.28. The Hall–Kier alpha value is -3.61. The van der Waals surface area contributed by atoms with Crippen molar-refractivity contribution in [2.75, 3.05) is 0 Å². The van der Waals surface area contributed by atoms with Crippen LogP contribution in [0.25, 0.3) is 22.3 Å². The summed E-state index contributed by atoms with van der Waals surface area (Å²) in [5, 5.41) is 0.754. The highest BCUT2D eigenvalue weighted by atomic mass is 35.5. The molecule has 0 aromatic heterocycles. The van der Waals surface area contributed by atoms with E-state index in [1.54, 1.807) is 0 Å². The summed E-state index contributed by atoms with van der Waals surface area (Å²) in [4.78, 5) is 0. The maximum Gasteiger partial charge on any atom is 0.0713 e. The van der Waals surface area contributed by atoms with Crippen LogP contribution in [0.2, 0.25) is 5.02 Å². The van der Waals surface area contributed by atoms with Crippen LogP contribution >= 0.6 is 11.6 Å². The van der Waals surface area contributed by atoms with Crippen LogP contribution in [-0.2, 0) is 5.41 Å². The molecule has 0 N–H and O–H groups in total. The average molecular weight is 429 g/mol. The maximum atomic E-state index is 6.15. The largest absolute Gasteiger partial charge is 0.0843 e. The minimum absolute atomic E-state index is 0.364. The molecular weight excluding hydrogens is 408 g/mol. The first kappa shape index (κ1) is 19.1. The van der Waals surface area contributed by atoms with Crippen LogP contribution in [0.1, 0.15) is 22.3 Å². The quantitative estimate of drug-likeness (QED) is 0.265. The molecule has 0 aliphatic heterocycles. The SMILES string of the molecule is Clc1ccc(-c2cccc(C3(c4ccccc4)c4ccccc4-c4ccccc43)c2)cc1. The van der Waals surface area contributed by atoms with Gasteiger partial charge in [0.05, 0.1) is 5.41 Å². The first-order chi connectivity index (χ1) is 15.8. The average Bonchev–Trinajstić information content (AvgIpc) is 3.17. The van der Waals surface area contributed by atoms with E-state index in [2.05, 4.69) is 115 Å². The molecule has 0 radical (unpaired) electrons. The Bertz CT molecular complexity index is 1370. The molecule has 0 saturated carbocycles. The van der Waals surface area contributed by atoms with Crippen LogP contribution in [0.5, 0.6) is 0 Å². The summed E-state index contributed by atoms with van der Waals surface area (Å²) in [5.74, 6) is 0. The topological polar surface area (TPSA) is 0 Å². The zero-order valence-electron chi connectivity index (χ0n) is 17.5. The first-order valence-electron chi connectivity index (χ1n) is 10.9. The normalized spacial score (nSPS) is 13.4. The molecule has 0 fully saturated rings. The lowest BCUT2D eigenvalue weighted by molar-refractivity contribution is 0.769. The lowest BCUT2D eigenvalue weighted by Gasteiger charge is -2.34. The van der Waals surface area contributed by atoms with Gasteiger partial charge in [0.2, 0.25) is 0 Å². The molecule has 0 heterocycles. The van der Waals surface area contributed by atoms with Gasteiger partial charge in [0.25, 0.3) is 0 Å². The van der Waals surface area contributed by atoms with Gasteiger partial charge in [0.1, 0.15) is 0 Å². The van der Waals surface area contributed by atoms with Gasteiger partial charge in [-0.2, -0.15) is 0 Å². The van der Waals surface area contributed by atoms with Gasteiger partial charge in [0.15, 0.2) is 0 Å². The number of rotatable bonds is 3. The van der Waals surface area contributed by atoms with E-state index in [0.29, 0.717) is 0 Å². The predicted octanol–water partition coefficient (Wildman–Crippen LogP) is 8.37. The predicted molar refractivity (Wildman–Crippen MR) is 134 cm³/mol. The van der Waals surface area contributed by atoms with Crippen LogP contribution < -0.4 is 0 Å². The van der Waals surface area contributed by atoms with Crippen molar-refractivity contribution in [1.29, 1.82) is 0 Å². The van der Waals surface area contributed by atoms with E-state index in [0.717, 1.165) is 5.02 Å². The third-order valence-corrected chi connectivity index (χ3v) is 6.88. The third kappa shape index (κ3) is 2.77. The molecule has 0 saturated heterocycles. The van der Waals surface area contributed by atoms with Crippen molar-refractivity contribution in [3.63, 3.8) is 0 Å². The minimum Gasteiger partial charge on any atom is -0.0843 e. The zero-order chi connectivity index (χ0) is 21.5. The van der Waals surface area contributed by atoms with Crippen LogP contribution in [0.15, 0.2) is 127 Å². The Labute approximate surface area is 193 Å². The molecule has 0 bridgehead atoms. The summed E-state index contributed by atoms with van der Waals surface area (Å²) >= 11 is 6.15. The van der Waals surface area contributed by atoms with E-state index in [4.69, 9.17) is 11.6 Å². The van der Waals surface area contributed by atoms with Crippen molar-refractivity contribution >= 4 is 11.6 Å². The molecule has 0 nitrogen and oxygen atoms in total. The Morgan fingerprint density at radius 1 is 0.438 bits per heavy atom. The summed E-state index contributed by atoms with van der Waals surface area (Å²) in [7, 11) is 0. The first-order valence-corrected chi connectivity index (χ1v) is 11.3. The second-order valence-electron chi connectivity index (χ2n) is 8.29. The standard InChI is InChI=1S/C31H21Cl/c32-26-19-17-22(18-20-26)23-9-8-12-25(21-23)31(24-10-2-1-3-11-24)29-15-6-4-13-27(29)28-14-5-7-16-30(28)31/h1-21H. The van der Waals surface area contributed by atoms with Crippen molar-refractivity contribution < 1.29 is 0 Å². The van der Waals surface area contributed by atoms with Gasteiger partial charge in [-0.25, -0.2) is 0 Å². The highest BCUT2D eigenvalue weighted by Gasteiger charge is 2.45. The molecule has 0 amide bonds. The third-order valence-electron chi connectivity index (χ3n) is 6.63. The van der Waals surface area contributed by atoms with E-state index in [1.165, 1.54) is 44.5 Å². The van der Waals surface area contributed by atoms with Crippen molar-refractivity contribution in [2.24, 2.45) is 0 Å². The lowest BCUT2D eigenvalue weighted by atomic mass is 9.67. The molecule has 32 heavy (non-hydrogen) atoms. The fourth-order valence-electron chi connectivity index (χ4n) is 5.29.